The van der Waals surface area contributed by atoms with Crippen LogP contribution in [0.25, 0.3) is 10.9 Å². The number of fused-ring (bicyclic) bond motifs is 1. The lowest BCUT2D eigenvalue weighted by molar-refractivity contribution is 0.502. The Balaban J connectivity index is 1.81. The zero-order chi connectivity index (χ0) is 13.1. The maximum atomic E-state index is 4.43. The molecule has 1 N–H and O–H groups in total. The van der Waals surface area contributed by atoms with E-state index < -0.39 is 0 Å². The minimum absolute atomic E-state index is 0.559. The Kier molecular flexibility index (Phi) is 3.62. The number of benzene rings is 1. The second-order valence-electron chi connectivity index (χ2n) is 5.69. The van der Waals surface area contributed by atoms with E-state index in [0.717, 1.165) is 22.6 Å². The van der Waals surface area contributed by atoms with Gasteiger partial charge in [0.15, 0.2) is 0 Å². The number of nitrogens with zero attached hydrogens (tertiary/aromatic N) is 2. The van der Waals surface area contributed by atoms with Gasteiger partial charge in [0.05, 0.1) is 5.52 Å². The molecule has 0 bridgehead atoms. The highest BCUT2D eigenvalue weighted by Crippen LogP contribution is 2.26. The van der Waals surface area contributed by atoms with Gasteiger partial charge in [0, 0.05) is 11.4 Å². The molecule has 3 nitrogen and oxygen atoms in total. The first-order chi connectivity index (χ1) is 9.33. The molecule has 3 rings (SSSR count). The summed E-state index contributed by atoms with van der Waals surface area (Å²) in [5.74, 6) is 1.86. The maximum absolute atomic E-state index is 4.43. The third kappa shape index (κ3) is 2.86. The number of hydrogen-bond donors (Lipinski definition) is 1. The molecular weight excluding hydrogens is 234 g/mol. The van der Waals surface area contributed by atoms with Crippen LogP contribution in [0.3, 0.4) is 0 Å². The average Bonchev–Trinajstić information content (AvgIpc) is 2.64. The van der Waals surface area contributed by atoms with Crippen LogP contribution in [-0.4, -0.2) is 16.0 Å². The molecule has 0 radical (unpaired) electrons. The summed E-state index contributed by atoms with van der Waals surface area (Å²) in [5, 5.41) is 4.76. The fourth-order valence-electron chi connectivity index (χ4n) is 2.94. The van der Waals surface area contributed by atoms with Gasteiger partial charge < -0.3 is 5.32 Å². The second-order valence-corrected chi connectivity index (χ2v) is 5.69. The van der Waals surface area contributed by atoms with Gasteiger partial charge in [0.2, 0.25) is 0 Å². The van der Waals surface area contributed by atoms with Crippen molar-refractivity contribution in [2.24, 2.45) is 5.92 Å². The van der Waals surface area contributed by atoms with Crippen LogP contribution in [0.2, 0.25) is 0 Å². The molecule has 3 heteroatoms. The average molecular weight is 255 g/mol. The van der Waals surface area contributed by atoms with E-state index in [1.807, 2.05) is 18.2 Å². The largest absolute Gasteiger partial charge is 0.367 e. The van der Waals surface area contributed by atoms with Gasteiger partial charge in [-0.05, 0) is 37.3 Å². The van der Waals surface area contributed by atoms with Gasteiger partial charge in [0.25, 0.3) is 0 Å². The van der Waals surface area contributed by atoms with E-state index in [4.69, 9.17) is 0 Å². The monoisotopic (exact) mass is 255 g/mol. The molecule has 1 aromatic heterocycles. The van der Waals surface area contributed by atoms with Crippen molar-refractivity contribution in [3.05, 3.63) is 30.6 Å². The Morgan fingerprint density at radius 1 is 1.05 bits per heavy atom. The molecule has 2 atom stereocenters. The molecule has 1 aliphatic carbocycles. The molecule has 0 amide bonds. The van der Waals surface area contributed by atoms with Gasteiger partial charge in [0.1, 0.15) is 12.1 Å². The van der Waals surface area contributed by atoms with Crippen LogP contribution in [-0.2, 0) is 0 Å². The Morgan fingerprint density at radius 2 is 1.95 bits per heavy atom. The minimum atomic E-state index is 0.559. The standard InChI is InChI=1S/C16H21N3/c1-12-5-4-6-13(10-9-12)19-16-14-7-2-3-8-15(14)17-11-18-16/h2-3,7-8,11-13H,4-6,9-10H2,1H3,(H,17,18,19). The predicted octanol–water partition coefficient (Wildman–Crippen LogP) is 4.01. The van der Waals surface area contributed by atoms with Crippen molar-refractivity contribution in [2.45, 2.75) is 45.1 Å². The first-order valence-electron chi connectivity index (χ1n) is 7.29. The van der Waals surface area contributed by atoms with Crippen LogP contribution < -0.4 is 5.32 Å². The molecule has 2 unspecified atom stereocenters. The highest BCUT2D eigenvalue weighted by atomic mass is 15.0. The summed E-state index contributed by atoms with van der Waals surface area (Å²) in [6, 6.07) is 8.76. The van der Waals surface area contributed by atoms with E-state index in [-0.39, 0.29) is 0 Å². The van der Waals surface area contributed by atoms with Crippen LogP contribution >= 0.6 is 0 Å². The molecule has 0 spiro atoms. The predicted molar refractivity (Wildman–Crippen MR) is 79.2 cm³/mol. The number of hydrogen-bond acceptors (Lipinski definition) is 3. The van der Waals surface area contributed by atoms with Crippen molar-refractivity contribution >= 4 is 16.7 Å². The van der Waals surface area contributed by atoms with Crippen molar-refractivity contribution in [3.63, 3.8) is 0 Å². The van der Waals surface area contributed by atoms with Gasteiger partial charge >= 0.3 is 0 Å². The summed E-state index contributed by atoms with van der Waals surface area (Å²) < 4.78 is 0. The van der Waals surface area contributed by atoms with E-state index in [9.17, 15) is 0 Å². The summed E-state index contributed by atoms with van der Waals surface area (Å²) in [6.45, 7) is 2.36. The Morgan fingerprint density at radius 3 is 2.89 bits per heavy atom. The first-order valence-corrected chi connectivity index (χ1v) is 7.29. The Hall–Kier alpha value is -1.64. The van der Waals surface area contributed by atoms with E-state index in [0.29, 0.717) is 6.04 Å². The minimum Gasteiger partial charge on any atom is -0.367 e. The molecule has 19 heavy (non-hydrogen) atoms. The summed E-state index contributed by atoms with van der Waals surface area (Å²) in [7, 11) is 0. The quantitative estimate of drug-likeness (QED) is 0.824. The molecule has 1 saturated carbocycles. The summed E-state index contributed by atoms with van der Waals surface area (Å²) in [4.78, 5) is 8.74. The van der Waals surface area contributed by atoms with Crippen LogP contribution in [0.4, 0.5) is 5.82 Å². The van der Waals surface area contributed by atoms with Crippen LogP contribution in [0.5, 0.6) is 0 Å². The lowest BCUT2D eigenvalue weighted by Crippen LogP contribution is -2.19. The highest BCUT2D eigenvalue weighted by Gasteiger charge is 2.17. The third-order valence-electron chi connectivity index (χ3n) is 4.14. The van der Waals surface area contributed by atoms with E-state index in [2.05, 4.69) is 28.3 Å². The van der Waals surface area contributed by atoms with Crippen molar-refractivity contribution in [3.8, 4) is 0 Å². The fraction of sp³-hybridized carbons (Fsp3) is 0.500. The van der Waals surface area contributed by atoms with E-state index in [1.54, 1.807) is 6.33 Å². The van der Waals surface area contributed by atoms with E-state index >= 15 is 0 Å². The van der Waals surface area contributed by atoms with Gasteiger partial charge in [-0.3, -0.25) is 0 Å². The fourth-order valence-corrected chi connectivity index (χ4v) is 2.94. The molecule has 0 aliphatic heterocycles. The van der Waals surface area contributed by atoms with Crippen molar-refractivity contribution < 1.29 is 0 Å². The van der Waals surface area contributed by atoms with E-state index in [1.165, 1.54) is 32.1 Å². The van der Waals surface area contributed by atoms with Gasteiger partial charge in [-0.1, -0.05) is 31.9 Å². The van der Waals surface area contributed by atoms with Gasteiger partial charge in [-0.15, -0.1) is 0 Å². The smallest absolute Gasteiger partial charge is 0.137 e. The Labute approximate surface area is 114 Å². The molecular formula is C16H21N3. The SMILES string of the molecule is CC1CCCC(Nc2ncnc3ccccc23)CC1. The summed E-state index contributed by atoms with van der Waals surface area (Å²) in [5.41, 5.74) is 1.02. The van der Waals surface area contributed by atoms with Crippen molar-refractivity contribution in [2.75, 3.05) is 5.32 Å². The van der Waals surface area contributed by atoms with Crippen LogP contribution in [0.1, 0.15) is 39.0 Å². The summed E-state index contributed by atoms with van der Waals surface area (Å²) >= 11 is 0. The molecule has 100 valence electrons. The molecule has 2 aromatic rings. The van der Waals surface area contributed by atoms with Gasteiger partial charge in [-0.2, -0.15) is 0 Å². The lowest BCUT2D eigenvalue weighted by Gasteiger charge is -2.18. The number of aromatic nitrogens is 2. The van der Waals surface area contributed by atoms with Gasteiger partial charge in [-0.25, -0.2) is 9.97 Å². The molecule has 1 heterocycles. The maximum Gasteiger partial charge on any atom is 0.137 e. The first kappa shape index (κ1) is 12.4. The summed E-state index contributed by atoms with van der Waals surface area (Å²) in [6.07, 6.45) is 8.16. The molecule has 1 aromatic carbocycles. The number of para-hydroxylation sites is 1. The topological polar surface area (TPSA) is 37.8 Å². The molecule has 0 saturated heterocycles. The number of anilines is 1. The van der Waals surface area contributed by atoms with Crippen LogP contribution in [0, 0.1) is 5.92 Å². The molecule has 1 aliphatic rings. The van der Waals surface area contributed by atoms with Crippen LogP contribution in [0.15, 0.2) is 30.6 Å². The zero-order valence-electron chi connectivity index (χ0n) is 11.5. The third-order valence-corrected chi connectivity index (χ3v) is 4.14. The molecule has 1 fully saturated rings. The lowest BCUT2D eigenvalue weighted by atomic mass is 10.0. The highest BCUT2D eigenvalue weighted by molar-refractivity contribution is 5.88. The second kappa shape index (κ2) is 5.55. The Bertz CT molecular complexity index is 547. The van der Waals surface area contributed by atoms with Crippen molar-refractivity contribution in [1.82, 2.24) is 9.97 Å². The normalized spacial score (nSPS) is 24.1. The number of rotatable bonds is 2. The number of nitrogens with one attached hydrogen (secondary N) is 1. The zero-order valence-corrected chi connectivity index (χ0v) is 11.5. The van der Waals surface area contributed by atoms with Crippen molar-refractivity contribution in [1.29, 1.82) is 0 Å².